The van der Waals surface area contributed by atoms with Crippen molar-refractivity contribution in [2.75, 3.05) is 0 Å². The van der Waals surface area contributed by atoms with Crippen LogP contribution in [0, 0.1) is 19.8 Å². The maximum absolute atomic E-state index is 11.5. The number of thioether (sulfide) groups is 1. The molecule has 3 rings (SSSR count). The molecule has 0 saturated heterocycles. The van der Waals surface area contributed by atoms with Gasteiger partial charge in [-0.2, -0.15) is 0 Å². The Kier molecular flexibility index (Phi) is 11.4. The lowest BCUT2D eigenvalue weighted by atomic mass is 9.90. The number of hydrogen-bond acceptors (Lipinski definition) is 4. The number of carbonyl (C=O) groups excluding carboxylic acids is 1. The van der Waals surface area contributed by atoms with Crippen molar-refractivity contribution < 1.29 is 4.79 Å². The number of nitrogens with two attached hydrogens (primary N) is 2. The second kappa shape index (κ2) is 13.0. The van der Waals surface area contributed by atoms with E-state index in [0.29, 0.717) is 18.0 Å². The van der Waals surface area contributed by atoms with Crippen molar-refractivity contribution in [1.29, 1.82) is 0 Å². The Morgan fingerprint density at radius 1 is 1.03 bits per heavy atom. The Labute approximate surface area is 213 Å². The molecule has 4 nitrogen and oxygen atoms in total. The third kappa shape index (κ3) is 7.21. The van der Waals surface area contributed by atoms with Crippen LogP contribution >= 0.6 is 36.6 Å². The number of rotatable bonds is 8. The number of primary amides is 1. The molecule has 3 aromatic rings. The first-order chi connectivity index (χ1) is 14.8. The highest BCUT2D eigenvalue weighted by molar-refractivity contribution is 7.98. The van der Waals surface area contributed by atoms with E-state index in [-0.39, 0.29) is 24.8 Å². The number of benzene rings is 2. The molecular formula is C26H33Cl2N3OS. The first-order valence-corrected chi connectivity index (χ1v) is 11.6. The van der Waals surface area contributed by atoms with Crippen molar-refractivity contribution in [3.63, 3.8) is 0 Å². The van der Waals surface area contributed by atoms with Crippen molar-refractivity contribution >= 4 is 42.5 Å². The number of aryl methyl sites for hydroxylation is 2. The molecule has 0 atom stereocenters. The lowest BCUT2D eigenvalue weighted by molar-refractivity contribution is 0.1000. The Morgan fingerprint density at radius 2 is 1.70 bits per heavy atom. The fraction of sp³-hybridized carbons (Fsp3) is 0.308. The van der Waals surface area contributed by atoms with Crippen molar-refractivity contribution in [1.82, 2.24) is 4.98 Å². The molecule has 0 radical (unpaired) electrons. The molecular weight excluding hydrogens is 473 g/mol. The smallest absolute Gasteiger partial charge is 0.248 e. The number of halogens is 2. The molecule has 1 amide bonds. The van der Waals surface area contributed by atoms with E-state index < -0.39 is 5.91 Å². The standard InChI is InChI=1S/C26H31N3OS.2ClH/c1-16(2)12-24-22(14-27)25(19-10-8-17(3)9-11-19)23(18(4)29-24)15-31-21-7-5-6-20(13-21)26(28)30;;/h5-11,13,16H,12,14-15,27H2,1-4H3,(H2,28,30);2*1H. The molecule has 0 aliphatic carbocycles. The summed E-state index contributed by atoms with van der Waals surface area (Å²) in [6.45, 7) is 9.04. The lowest BCUT2D eigenvalue weighted by Crippen LogP contribution is -2.13. The van der Waals surface area contributed by atoms with Gasteiger partial charge in [-0.25, -0.2) is 0 Å². The van der Waals surface area contributed by atoms with Gasteiger partial charge in [0.1, 0.15) is 0 Å². The van der Waals surface area contributed by atoms with Gasteiger partial charge in [-0.3, -0.25) is 9.78 Å². The highest BCUT2D eigenvalue weighted by Crippen LogP contribution is 2.36. The first-order valence-electron chi connectivity index (χ1n) is 10.6. The van der Waals surface area contributed by atoms with Crippen molar-refractivity contribution in [2.45, 2.75) is 51.3 Å². The van der Waals surface area contributed by atoms with Crippen LogP contribution in [0.5, 0.6) is 0 Å². The molecule has 2 aromatic carbocycles. The average molecular weight is 507 g/mol. The SMILES string of the molecule is Cc1ccc(-c2c(CSc3cccc(C(N)=O)c3)c(C)nc(CC(C)C)c2CN)cc1.Cl.Cl. The number of carbonyl (C=O) groups is 1. The van der Waals surface area contributed by atoms with E-state index >= 15 is 0 Å². The molecule has 1 aromatic heterocycles. The van der Waals surface area contributed by atoms with Gasteiger partial charge in [0, 0.05) is 34.1 Å². The fourth-order valence-electron chi connectivity index (χ4n) is 3.76. The summed E-state index contributed by atoms with van der Waals surface area (Å²) in [5.74, 6) is 0.822. The van der Waals surface area contributed by atoms with Crippen LogP contribution in [0.25, 0.3) is 11.1 Å². The van der Waals surface area contributed by atoms with E-state index in [1.807, 2.05) is 18.2 Å². The van der Waals surface area contributed by atoms with Crippen LogP contribution in [0.3, 0.4) is 0 Å². The van der Waals surface area contributed by atoms with Crippen LogP contribution in [0.4, 0.5) is 0 Å². The fourth-order valence-corrected chi connectivity index (χ4v) is 4.81. The van der Waals surface area contributed by atoms with Gasteiger partial charge in [0.05, 0.1) is 0 Å². The third-order valence-corrected chi connectivity index (χ3v) is 6.36. The summed E-state index contributed by atoms with van der Waals surface area (Å²) < 4.78 is 0. The van der Waals surface area contributed by atoms with E-state index in [2.05, 4.69) is 52.0 Å². The summed E-state index contributed by atoms with van der Waals surface area (Å²) in [5, 5.41) is 0. The molecule has 0 unspecified atom stereocenters. The summed E-state index contributed by atoms with van der Waals surface area (Å²) in [6, 6.07) is 16.1. The summed E-state index contributed by atoms with van der Waals surface area (Å²) in [5.41, 5.74) is 20.3. The molecule has 33 heavy (non-hydrogen) atoms. The molecule has 0 aliphatic heterocycles. The topological polar surface area (TPSA) is 82.0 Å². The van der Waals surface area contributed by atoms with Gasteiger partial charge in [-0.05, 0) is 66.6 Å². The summed E-state index contributed by atoms with van der Waals surface area (Å²) in [7, 11) is 0. The summed E-state index contributed by atoms with van der Waals surface area (Å²) in [6.07, 6.45) is 0.903. The van der Waals surface area contributed by atoms with Crippen LogP contribution in [0.1, 0.15) is 52.3 Å². The highest BCUT2D eigenvalue weighted by atomic mass is 35.5. The van der Waals surface area contributed by atoms with Gasteiger partial charge < -0.3 is 11.5 Å². The lowest BCUT2D eigenvalue weighted by Gasteiger charge is -2.21. The van der Waals surface area contributed by atoms with Crippen LogP contribution in [0.2, 0.25) is 0 Å². The van der Waals surface area contributed by atoms with Crippen molar-refractivity contribution in [3.8, 4) is 11.1 Å². The average Bonchev–Trinajstić information content (AvgIpc) is 2.73. The van der Waals surface area contributed by atoms with Crippen LogP contribution in [-0.4, -0.2) is 10.9 Å². The molecule has 7 heteroatoms. The second-order valence-electron chi connectivity index (χ2n) is 8.32. The van der Waals surface area contributed by atoms with Gasteiger partial charge in [0.25, 0.3) is 0 Å². The Hall–Kier alpha value is -2.05. The number of amides is 1. The quantitative estimate of drug-likeness (QED) is 0.354. The maximum Gasteiger partial charge on any atom is 0.248 e. The highest BCUT2D eigenvalue weighted by Gasteiger charge is 2.19. The number of hydrogen-bond donors (Lipinski definition) is 2. The first kappa shape index (κ1) is 29.0. The van der Waals surface area contributed by atoms with Crippen molar-refractivity contribution in [2.24, 2.45) is 17.4 Å². The zero-order valence-corrected chi connectivity index (χ0v) is 22.0. The largest absolute Gasteiger partial charge is 0.366 e. The molecule has 1 heterocycles. The summed E-state index contributed by atoms with van der Waals surface area (Å²) >= 11 is 1.68. The normalized spacial score (nSPS) is 10.5. The zero-order valence-electron chi connectivity index (χ0n) is 19.6. The number of aromatic nitrogens is 1. The molecule has 0 bridgehead atoms. The Bertz CT molecular complexity index is 1090. The molecule has 0 aliphatic rings. The number of pyridine rings is 1. The molecule has 0 fully saturated rings. The Morgan fingerprint density at radius 3 is 2.27 bits per heavy atom. The molecule has 178 valence electrons. The maximum atomic E-state index is 11.5. The third-order valence-electron chi connectivity index (χ3n) is 5.34. The van der Waals surface area contributed by atoms with Gasteiger partial charge >= 0.3 is 0 Å². The molecule has 0 saturated carbocycles. The Balaban J connectivity index is 0.00000272. The van der Waals surface area contributed by atoms with E-state index in [0.717, 1.165) is 34.0 Å². The minimum Gasteiger partial charge on any atom is -0.366 e. The molecule has 4 N–H and O–H groups in total. The summed E-state index contributed by atoms with van der Waals surface area (Å²) in [4.78, 5) is 17.5. The van der Waals surface area contributed by atoms with Crippen LogP contribution < -0.4 is 11.5 Å². The van der Waals surface area contributed by atoms with Gasteiger partial charge in [0.2, 0.25) is 5.91 Å². The monoisotopic (exact) mass is 505 g/mol. The van der Waals surface area contributed by atoms with Gasteiger partial charge in [-0.15, -0.1) is 36.6 Å². The van der Waals surface area contributed by atoms with Gasteiger partial charge in [-0.1, -0.05) is 49.7 Å². The molecule has 0 spiro atoms. The number of nitrogens with zero attached hydrogens (tertiary/aromatic N) is 1. The van der Waals surface area contributed by atoms with Crippen LogP contribution in [-0.2, 0) is 18.7 Å². The predicted molar refractivity (Wildman–Crippen MR) is 145 cm³/mol. The van der Waals surface area contributed by atoms with Crippen LogP contribution in [0.15, 0.2) is 53.4 Å². The van der Waals surface area contributed by atoms with Gasteiger partial charge in [0.15, 0.2) is 0 Å². The van der Waals surface area contributed by atoms with E-state index in [1.165, 1.54) is 22.3 Å². The van der Waals surface area contributed by atoms with Crippen molar-refractivity contribution in [3.05, 3.63) is 82.2 Å². The minimum atomic E-state index is -0.413. The predicted octanol–water partition coefficient (Wildman–Crippen LogP) is 6.26. The second-order valence-corrected chi connectivity index (χ2v) is 9.37. The minimum absolute atomic E-state index is 0. The zero-order chi connectivity index (χ0) is 22.5. The van der Waals surface area contributed by atoms with E-state index in [4.69, 9.17) is 16.5 Å². The van der Waals surface area contributed by atoms with E-state index in [9.17, 15) is 4.79 Å². The van der Waals surface area contributed by atoms with E-state index in [1.54, 1.807) is 17.8 Å².